The lowest BCUT2D eigenvalue weighted by molar-refractivity contribution is -0.134. The van der Waals surface area contributed by atoms with Gasteiger partial charge in [-0.3, -0.25) is 4.79 Å². The van der Waals surface area contributed by atoms with E-state index >= 15 is 0 Å². The summed E-state index contributed by atoms with van der Waals surface area (Å²) in [5, 5.41) is 1.57. The number of aromatic amines is 1. The number of nitrogens with one attached hydrogen (secondary N) is 2. The standard InChI is InChI=1S/C22H23ClFN3O3S2/c1-31-11-9-20(26-32(29,30)21-5-3-2-4-17(21)24)22(28)27-10-8-19-16(13-27)15-12-14(23)6-7-18(15)25-19/h2-7,12,20,25-26H,8-11,13H2,1H3. The summed E-state index contributed by atoms with van der Waals surface area (Å²) >= 11 is 7.68. The van der Waals surface area contributed by atoms with Crippen LogP contribution in [0.2, 0.25) is 5.02 Å². The van der Waals surface area contributed by atoms with Crippen LogP contribution in [0.1, 0.15) is 17.7 Å². The van der Waals surface area contributed by atoms with Gasteiger partial charge in [-0.25, -0.2) is 12.8 Å². The predicted octanol–water partition coefficient (Wildman–Crippen LogP) is 3.95. The first kappa shape index (κ1) is 23.1. The van der Waals surface area contributed by atoms with Gasteiger partial charge in [0.05, 0.1) is 0 Å². The number of fused-ring (bicyclic) bond motifs is 3. The number of thioether (sulfide) groups is 1. The second-order valence-electron chi connectivity index (χ2n) is 7.67. The number of amides is 1. The monoisotopic (exact) mass is 495 g/mol. The largest absolute Gasteiger partial charge is 0.358 e. The summed E-state index contributed by atoms with van der Waals surface area (Å²) in [5.74, 6) is -0.590. The summed E-state index contributed by atoms with van der Waals surface area (Å²) in [6.45, 7) is 0.815. The third-order valence-electron chi connectivity index (χ3n) is 5.58. The number of nitrogens with zero attached hydrogens (tertiary/aromatic N) is 1. The van der Waals surface area contributed by atoms with Crippen LogP contribution in [0.3, 0.4) is 0 Å². The van der Waals surface area contributed by atoms with Gasteiger partial charge in [-0.1, -0.05) is 23.7 Å². The summed E-state index contributed by atoms with van der Waals surface area (Å²) in [4.78, 5) is 18.0. The van der Waals surface area contributed by atoms with Crippen molar-refractivity contribution in [2.45, 2.75) is 30.3 Å². The van der Waals surface area contributed by atoms with E-state index in [0.717, 1.165) is 28.2 Å². The predicted molar refractivity (Wildman–Crippen MR) is 126 cm³/mol. The molecule has 1 aromatic heterocycles. The summed E-state index contributed by atoms with van der Waals surface area (Å²) in [5.41, 5.74) is 2.99. The first-order valence-electron chi connectivity index (χ1n) is 10.1. The molecule has 0 radical (unpaired) electrons. The van der Waals surface area contributed by atoms with E-state index in [0.29, 0.717) is 36.7 Å². The number of halogens is 2. The highest BCUT2D eigenvalue weighted by atomic mass is 35.5. The molecule has 2 heterocycles. The first-order chi connectivity index (χ1) is 15.3. The van der Waals surface area contributed by atoms with E-state index in [9.17, 15) is 17.6 Å². The number of carbonyl (C=O) groups is 1. The van der Waals surface area contributed by atoms with E-state index in [1.54, 1.807) is 4.90 Å². The van der Waals surface area contributed by atoms with Crippen molar-refractivity contribution in [3.05, 3.63) is 64.6 Å². The van der Waals surface area contributed by atoms with Crippen LogP contribution in [0.4, 0.5) is 4.39 Å². The summed E-state index contributed by atoms with van der Waals surface area (Å²) in [6, 6.07) is 9.75. The Balaban J connectivity index is 1.59. The second kappa shape index (κ2) is 9.43. The van der Waals surface area contributed by atoms with E-state index in [1.165, 1.54) is 30.0 Å². The Hall–Kier alpha value is -2.07. The fourth-order valence-electron chi connectivity index (χ4n) is 3.98. The minimum Gasteiger partial charge on any atom is -0.358 e. The fraction of sp³-hybridized carbons (Fsp3) is 0.318. The summed E-state index contributed by atoms with van der Waals surface area (Å²) in [7, 11) is -4.20. The van der Waals surface area contributed by atoms with E-state index in [-0.39, 0.29) is 5.91 Å². The molecular formula is C22H23ClFN3O3S2. The van der Waals surface area contributed by atoms with E-state index in [4.69, 9.17) is 11.6 Å². The van der Waals surface area contributed by atoms with Gasteiger partial charge in [-0.2, -0.15) is 16.5 Å². The maximum absolute atomic E-state index is 14.1. The van der Waals surface area contributed by atoms with Crippen LogP contribution in [0.15, 0.2) is 47.4 Å². The Bertz CT molecular complexity index is 1260. The Morgan fingerprint density at radius 2 is 2.09 bits per heavy atom. The number of hydrogen-bond donors (Lipinski definition) is 2. The summed E-state index contributed by atoms with van der Waals surface area (Å²) < 4.78 is 42.2. The van der Waals surface area contributed by atoms with Gasteiger partial charge in [-0.15, -0.1) is 0 Å². The Labute approximate surface area is 195 Å². The lowest BCUT2D eigenvalue weighted by Gasteiger charge is -2.31. The minimum atomic E-state index is -4.20. The van der Waals surface area contributed by atoms with Crippen LogP contribution >= 0.6 is 23.4 Å². The van der Waals surface area contributed by atoms with Crippen LogP contribution in [0.5, 0.6) is 0 Å². The fourth-order valence-corrected chi connectivity index (χ4v) is 5.92. The van der Waals surface area contributed by atoms with Gasteiger partial charge in [0.25, 0.3) is 0 Å². The van der Waals surface area contributed by atoms with Crippen LogP contribution in [0.25, 0.3) is 10.9 Å². The number of H-pyrrole nitrogens is 1. The number of carbonyl (C=O) groups excluding carboxylic acids is 1. The van der Waals surface area contributed by atoms with Gasteiger partial charge in [-0.05, 0) is 48.8 Å². The van der Waals surface area contributed by atoms with E-state index < -0.39 is 26.8 Å². The lowest BCUT2D eigenvalue weighted by atomic mass is 10.0. The normalized spacial score (nSPS) is 15.0. The molecule has 1 unspecified atom stereocenters. The molecule has 0 saturated heterocycles. The van der Waals surface area contributed by atoms with Gasteiger partial charge in [0.2, 0.25) is 15.9 Å². The molecule has 32 heavy (non-hydrogen) atoms. The third kappa shape index (κ3) is 4.66. The smallest absolute Gasteiger partial charge is 0.244 e. The molecule has 3 aromatic rings. The van der Waals surface area contributed by atoms with Crippen molar-refractivity contribution in [2.75, 3.05) is 18.6 Å². The van der Waals surface area contributed by atoms with Gasteiger partial charge in [0.15, 0.2) is 0 Å². The van der Waals surface area contributed by atoms with Crippen molar-refractivity contribution in [2.24, 2.45) is 0 Å². The average Bonchev–Trinajstić information content (AvgIpc) is 3.13. The van der Waals surface area contributed by atoms with Crippen LogP contribution in [0, 0.1) is 5.82 Å². The minimum absolute atomic E-state index is 0.302. The van der Waals surface area contributed by atoms with Crippen molar-refractivity contribution in [3.8, 4) is 0 Å². The molecule has 6 nitrogen and oxygen atoms in total. The van der Waals surface area contributed by atoms with Crippen LogP contribution in [-0.2, 0) is 27.8 Å². The lowest BCUT2D eigenvalue weighted by Crippen LogP contribution is -2.50. The van der Waals surface area contributed by atoms with Crippen molar-refractivity contribution in [3.63, 3.8) is 0 Å². The average molecular weight is 496 g/mol. The van der Waals surface area contributed by atoms with Crippen molar-refractivity contribution < 1.29 is 17.6 Å². The van der Waals surface area contributed by atoms with Gasteiger partial charge < -0.3 is 9.88 Å². The van der Waals surface area contributed by atoms with Gasteiger partial charge >= 0.3 is 0 Å². The molecule has 0 fully saturated rings. The topological polar surface area (TPSA) is 82.3 Å². The van der Waals surface area contributed by atoms with E-state index in [1.807, 2.05) is 24.5 Å². The molecule has 0 spiro atoms. The first-order valence-corrected chi connectivity index (χ1v) is 13.4. The Kier molecular flexibility index (Phi) is 6.80. The highest BCUT2D eigenvalue weighted by molar-refractivity contribution is 7.98. The molecule has 4 rings (SSSR count). The number of benzene rings is 2. The number of sulfonamides is 1. The van der Waals surface area contributed by atoms with Crippen LogP contribution in [-0.4, -0.2) is 48.8 Å². The molecule has 0 saturated carbocycles. The van der Waals surface area contributed by atoms with Gasteiger partial charge in [0.1, 0.15) is 16.8 Å². The molecule has 1 atom stereocenters. The SMILES string of the molecule is CSCCC(NS(=O)(=O)c1ccccc1F)C(=O)N1CCc2[nH]c3ccc(Cl)cc3c2C1. The molecule has 0 bridgehead atoms. The molecule has 10 heteroatoms. The quantitative estimate of drug-likeness (QED) is 0.520. The Morgan fingerprint density at radius 1 is 1.31 bits per heavy atom. The van der Waals surface area contributed by atoms with Crippen molar-refractivity contribution in [1.29, 1.82) is 0 Å². The summed E-state index contributed by atoms with van der Waals surface area (Å²) in [6.07, 6.45) is 2.81. The van der Waals surface area contributed by atoms with Crippen molar-refractivity contribution in [1.82, 2.24) is 14.6 Å². The number of hydrogen-bond acceptors (Lipinski definition) is 4. The highest BCUT2D eigenvalue weighted by Crippen LogP contribution is 2.30. The zero-order valence-electron chi connectivity index (χ0n) is 17.4. The third-order valence-corrected chi connectivity index (χ3v) is 7.97. The van der Waals surface area contributed by atoms with E-state index in [2.05, 4.69) is 9.71 Å². The number of aromatic nitrogens is 1. The molecule has 1 amide bonds. The molecule has 0 aliphatic carbocycles. The molecule has 2 aromatic carbocycles. The number of rotatable bonds is 7. The molecule has 1 aliphatic heterocycles. The van der Waals surface area contributed by atoms with Gasteiger partial charge in [0, 0.05) is 46.7 Å². The zero-order valence-corrected chi connectivity index (χ0v) is 19.8. The second-order valence-corrected chi connectivity index (χ2v) is 10.8. The maximum atomic E-state index is 14.1. The van der Waals surface area contributed by atoms with Crippen molar-refractivity contribution >= 4 is 50.2 Å². The Morgan fingerprint density at radius 3 is 2.84 bits per heavy atom. The zero-order chi connectivity index (χ0) is 22.9. The molecular weight excluding hydrogens is 473 g/mol. The van der Waals surface area contributed by atoms with Crippen LogP contribution < -0.4 is 4.72 Å². The highest BCUT2D eigenvalue weighted by Gasteiger charge is 2.32. The maximum Gasteiger partial charge on any atom is 0.244 e. The molecule has 1 aliphatic rings. The molecule has 170 valence electrons. The molecule has 2 N–H and O–H groups in total.